The number of carbonyl (C=O) groups excluding carboxylic acids is 1. The molecule has 4 rings (SSSR count). The number of amides is 1. The molecule has 2 aliphatic rings. The summed E-state index contributed by atoms with van der Waals surface area (Å²) in [5.41, 5.74) is 0. The standard InChI is InChI=1S/C20H22N2O6S/c1-15-2-3-16(28-15)4-7-20(23)21-8-10-22(11-9-21)29(24,25)17-5-6-18-19(14-17)27-13-12-26-18/h2-7,14H,8-13H2,1H3. The molecule has 9 heteroatoms. The number of fused-ring (bicyclic) bond motifs is 1. The second-order valence-electron chi connectivity index (χ2n) is 6.82. The van der Waals surface area contributed by atoms with Crippen molar-refractivity contribution in [1.82, 2.24) is 9.21 Å². The predicted molar refractivity (Wildman–Crippen MR) is 105 cm³/mol. The molecule has 1 aromatic heterocycles. The Morgan fingerprint density at radius 1 is 1.00 bits per heavy atom. The van der Waals surface area contributed by atoms with Crippen LogP contribution in [0.2, 0.25) is 0 Å². The maximum atomic E-state index is 13.0. The number of rotatable bonds is 4. The first-order valence-corrected chi connectivity index (χ1v) is 10.8. The van der Waals surface area contributed by atoms with Crippen LogP contribution >= 0.6 is 0 Å². The molecule has 1 amide bonds. The molecular formula is C20H22N2O6S. The fourth-order valence-corrected chi connectivity index (χ4v) is 4.72. The molecule has 154 valence electrons. The number of hydrogen-bond acceptors (Lipinski definition) is 6. The number of ether oxygens (including phenoxy) is 2. The van der Waals surface area contributed by atoms with E-state index in [1.807, 2.05) is 13.0 Å². The van der Waals surface area contributed by atoms with E-state index in [-0.39, 0.29) is 23.9 Å². The summed E-state index contributed by atoms with van der Waals surface area (Å²) in [4.78, 5) is 14.2. The number of carbonyl (C=O) groups is 1. The Hall–Kier alpha value is -2.78. The number of piperazine rings is 1. The summed E-state index contributed by atoms with van der Waals surface area (Å²) in [7, 11) is -3.67. The third-order valence-corrected chi connectivity index (χ3v) is 6.75. The van der Waals surface area contributed by atoms with Gasteiger partial charge in [-0.25, -0.2) is 8.42 Å². The first kappa shape index (κ1) is 19.5. The van der Waals surface area contributed by atoms with Crippen molar-refractivity contribution in [2.75, 3.05) is 39.4 Å². The fourth-order valence-electron chi connectivity index (χ4n) is 3.28. The van der Waals surface area contributed by atoms with Gasteiger partial charge >= 0.3 is 0 Å². The van der Waals surface area contributed by atoms with Gasteiger partial charge in [-0.1, -0.05) is 0 Å². The van der Waals surface area contributed by atoms with Crippen LogP contribution in [0.25, 0.3) is 6.08 Å². The van der Waals surface area contributed by atoms with Crippen LogP contribution in [0.3, 0.4) is 0 Å². The van der Waals surface area contributed by atoms with Gasteiger partial charge in [0.25, 0.3) is 0 Å². The lowest BCUT2D eigenvalue weighted by Gasteiger charge is -2.33. The number of benzene rings is 1. The highest BCUT2D eigenvalue weighted by atomic mass is 32.2. The van der Waals surface area contributed by atoms with Crippen LogP contribution < -0.4 is 9.47 Å². The average molecular weight is 418 g/mol. The average Bonchev–Trinajstić information content (AvgIpc) is 3.17. The van der Waals surface area contributed by atoms with Gasteiger partial charge in [-0.05, 0) is 37.3 Å². The smallest absolute Gasteiger partial charge is 0.246 e. The summed E-state index contributed by atoms with van der Waals surface area (Å²) in [5.74, 6) is 2.19. The van der Waals surface area contributed by atoms with Crippen LogP contribution in [-0.4, -0.2) is 62.9 Å². The highest BCUT2D eigenvalue weighted by Crippen LogP contribution is 2.33. The van der Waals surface area contributed by atoms with Crippen LogP contribution in [0.5, 0.6) is 11.5 Å². The molecule has 0 bridgehead atoms. The minimum atomic E-state index is -3.67. The van der Waals surface area contributed by atoms with Gasteiger partial charge < -0.3 is 18.8 Å². The van der Waals surface area contributed by atoms with E-state index < -0.39 is 10.0 Å². The number of furan rings is 1. The summed E-state index contributed by atoms with van der Waals surface area (Å²) in [6.07, 6.45) is 3.07. The Morgan fingerprint density at radius 2 is 1.72 bits per heavy atom. The highest BCUT2D eigenvalue weighted by molar-refractivity contribution is 7.89. The molecule has 0 saturated carbocycles. The van der Waals surface area contributed by atoms with E-state index in [1.54, 1.807) is 23.1 Å². The Labute approximate surface area is 169 Å². The van der Waals surface area contributed by atoms with E-state index in [4.69, 9.17) is 13.9 Å². The van der Waals surface area contributed by atoms with Crippen molar-refractivity contribution in [2.45, 2.75) is 11.8 Å². The van der Waals surface area contributed by atoms with Gasteiger partial charge in [-0.2, -0.15) is 4.31 Å². The van der Waals surface area contributed by atoms with Crippen molar-refractivity contribution >= 4 is 22.0 Å². The second-order valence-corrected chi connectivity index (χ2v) is 8.75. The number of hydrogen-bond donors (Lipinski definition) is 0. The molecule has 0 unspecified atom stereocenters. The third kappa shape index (κ3) is 4.15. The lowest BCUT2D eigenvalue weighted by Crippen LogP contribution is -2.50. The molecule has 0 atom stereocenters. The van der Waals surface area contributed by atoms with Gasteiger partial charge in [0.05, 0.1) is 4.90 Å². The van der Waals surface area contributed by atoms with Gasteiger partial charge in [0, 0.05) is 38.3 Å². The lowest BCUT2D eigenvalue weighted by molar-refractivity contribution is -0.127. The van der Waals surface area contributed by atoms with Crippen LogP contribution in [0.15, 0.2) is 45.7 Å². The van der Waals surface area contributed by atoms with E-state index in [1.165, 1.54) is 22.5 Å². The van der Waals surface area contributed by atoms with E-state index in [0.29, 0.717) is 43.6 Å². The summed E-state index contributed by atoms with van der Waals surface area (Å²) >= 11 is 0. The first-order valence-electron chi connectivity index (χ1n) is 9.37. The summed E-state index contributed by atoms with van der Waals surface area (Å²) in [5, 5.41) is 0. The fraction of sp³-hybridized carbons (Fsp3) is 0.350. The topological polar surface area (TPSA) is 89.3 Å². The molecule has 1 fully saturated rings. The van der Waals surface area contributed by atoms with Gasteiger partial charge in [0.1, 0.15) is 24.7 Å². The zero-order valence-corrected chi connectivity index (χ0v) is 16.9. The Balaban J connectivity index is 1.39. The van der Waals surface area contributed by atoms with Crippen molar-refractivity contribution in [3.05, 3.63) is 47.9 Å². The van der Waals surface area contributed by atoms with E-state index >= 15 is 0 Å². The zero-order valence-electron chi connectivity index (χ0n) is 16.0. The van der Waals surface area contributed by atoms with Gasteiger partial charge in [0.15, 0.2) is 11.5 Å². The molecule has 2 aromatic rings. The van der Waals surface area contributed by atoms with Crippen molar-refractivity contribution in [3.63, 3.8) is 0 Å². The number of sulfonamides is 1. The molecule has 2 aliphatic heterocycles. The molecule has 1 saturated heterocycles. The van der Waals surface area contributed by atoms with Crippen molar-refractivity contribution in [2.24, 2.45) is 0 Å². The van der Waals surface area contributed by atoms with Crippen molar-refractivity contribution in [1.29, 1.82) is 0 Å². The molecule has 1 aromatic carbocycles. The molecule has 0 spiro atoms. The molecule has 0 radical (unpaired) electrons. The Morgan fingerprint density at radius 3 is 2.41 bits per heavy atom. The SMILES string of the molecule is Cc1ccc(C=CC(=O)N2CCN(S(=O)(=O)c3ccc4c(c3)OCCO4)CC2)o1. The molecular weight excluding hydrogens is 396 g/mol. The highest BCUT2D eigenvalue weighted by Gasteiger charge is 2.30. The Kier molecular flexibility index (Phi) is 5.33. The summed E-state index contributed by atoms with van der Waals surface area (Å²) < 4.78 is 43.6. The van der Waals surface area contributed by atoms with Crippen LogP contribution in [-0.2, 0) is 14.8 Å². The van der Waals surface area contributed by atoms with Gasteiger partial charge in [-0.15, -0.1) is 0 Å². The quantitative estimate of drug-likeness (QED) is 0.705. The number of nitrogens with zero attached hydrogens (tertiary/aromatic N) is 2. The maximum Gasteiger partial charge on any atom is 0.246 e. The third-order valence-electron chi connectivity index (χ3n) is 4.85. The van der Waals surface area contributed by atoms with Crippen molar-refractivity contribution < 1.29 is 27.1 Å². The Bertz CT molecular complexity index is 1030. The van der Waals surface area contributed by atoms with E-state index in [2.05, 4.69) is 0 Å². The largest absolute Gasteiger partial charge is 0.486 e. The van der Waals surface area contributed by atoms with Gasteiger partial charge in [0.2, 0.25) is 15.9 Å². The van der Waals surface area contributed by atoms with Gasteiger partial charge in [-0.3, -0.25) is 4.79 Å². The van der Waals surface area contributed by atoms with Crippen LogP contribution in [0.4, 0.5) is 0 Å². The normalized spacial score (nSPS) is 17.6. The van der Waals surface area contributed by atoms with E-state index in [0.717, 1.165) is 5.76 Å². The first-order chi connectivity index (χ1) is 13.9. The van der Waals surface area contributed by atoms with Crippen LogP contribution in [0.1, 0.15) is 11.5 Å². The molecule has 3 heterocycles. The maximum absolute atomic E-state index is 13.0. The minimum absolute atomic E-state index is 0.162. The summed E-state index contributed by atoms with van der Waals surface area (Å²) in [6, 6.07) is 8.24. The molecule has 0 N–H and O–H groups in total. The summed E-state index contributed by atoms with van der Waals surface area (Å²) in [6.45, 7) is 3.78. The molecule has 29 heavy (non-hydrogen) atoms. The lowest BCUT2D eigenvalue weighted by atomic mass is 10.3. The second kappa shape index (κ2) is 7.92. The zero-order chi connectivity index (χ0) is 20.4. The van der Waals surface area contributed by atoms with Crippen LogP contribution in [0, 0.1) is 6.92 Å². The van der Waals surface area contributed by atoms with E-state index in [9.17, 15) is 13.2 Å². The molecule has 8 nitrogen and oxygen atoms in total. The predicted octanol–water partition coefficient (Wildman–Crippen LogP) is 1.91. The monoisotopic (exact) mass is 418 g/mol. The molecule has 0 aliphatic carbocycles. The number of aryl methyl sites for hydroxylation is 1. The van der Waals surface area contributed by atoms with Crippen molar-refractivity contribution in [3.8, 4) is 11.5 Å². The minimum Gasteiger partial charge on any atom is -0.486 e.